The summed E-state index contributed by atoms with van der Waals surface area (Å²) < 4.78 is 4.92. The first-order valence-electron chi connectivity index (χ1n) is 4.06. The van der Waals surface area contributed by atoms with E-state index in [1.807, 2.05) is 6.07 Å². The van der Waals surface area contributed by atoms with Crippen molar-refractivity contribution in [2.75, 3.05) is 6.61 Å². The fraction of sp³-hybridized carbons (Fsp3) is 0.300. The van der Waals surface area contributed by atoms with Gasteiger partial charge in [-0.05, 0) is 19.1 Å². The fourth-order valence-corrected chi connectivity index (χ4v) is 0.911. The molecule has 0 spiro atoms. The molecule has 1 aromatic rings. The average molecular weight is 199 g/mol. The molecule has 0 aliphatic rings. The zero-order valence-electron chi connectivity index (χ0n) is 7.37. The molecule has 13 heavy (non-hydrogen) atoms. The summed E-state index contributed by atoms with van der Waals surface area (Å²) in [4.78, 5) is 11.3. The molecule has 3 heteroatoms. The number of esters is 1. The molecule has 0 radical (unpaired) electrons. The van der Waals surface area contributed by atoms with E-state index in [4.69, 9.17) is 16.3 Å². The molecule has 0 aliphatic heterocycles. The number of rotatable bonds is 3. The smallest absolute Gasteiger partial charge is 0.338 e. The summed E-state index contributed by atoms with van der Waals surface area (Å²) in [6.45, 7) is 2.02. The Labute approximate surface area is 82.5 Å². The molecule has 0 amide bonds. The minimum absolute atomic E-state index is 0.146. The second kappa shape index (κ2) is 4.87. The van der Waals surface area contributed by atoms with Gasteiger partial charge in [-0.25, -0.2) is 4.79 Å². The number of alkyl halides is 1. The summed E-state index contributed by atoms with van der Waals surface area (Å²) in [5, 5.41) is -0.146. The second-order valence-corrected chi connectivity index (χ2v) is 3.49. The Hall–Kier alpha value is -1.02. The topological polar surface area (TPSA) is 26.3 Å². The third-order valence-electron chi connectivity index (χ3n) is 1.45. The highest BCUT2D eigenvalue weighted by Crippen LogP contribution is 2.02. The SMILES string of the molecule is CC(Cl)COC(=O)c1ccccc1. The van der Waals surface area contributed by atoms with E-state index in [2.05, 4.69) is 0 Å². The van der Waals surface area contributed by atoms with Gasteiger partial charge in [0.25, 0.3) is 0 Å². The van der Waals surface area contributed by atoms with E-state index in [0.717, 1.165) is 0 Å². The molecule has 0 heterocycles. The zero-order chi connectivity index (χ0) is 9.68. The number of ether oxygens (including phenoxy) is 1. The lowest BCUT2D eigenvalue weighted by Gasteiger charge is -2.05. The predicted octanol–water partition coefficient (Wildman–Crippen LogP) is 2.47. The molecule has 1 atom stereocenters. The molecule has 1 unspecified atom stereocenters. The summed E-state index contributed by atoms with van der Waals surface area (Å²) in [6.07, 6.45) is 0. The van der Waals surface area contributed by atoms with Crippen molar-refractivity contribution in [3.63, 3.8) is 0 Å². The standard InChI is InChI=1S/C10H11ClO2/c1-8(11)7-13-10(12)9-5-3-2-4-6-9/h2-6,8H,7H2,1H3. The van der Waals surface area contributed by atoms with Gasteiger partial charge in [0.2, 0.25) is 0 Å². The first kappa shape index (κ1) is 10.1. The Morgan fingerprint density at radius 2 is 2.08 bits per heavy atom. The fourth-order valence-electron chi connectivity index (χ4n) is 0.848. The van der Waals surface area contributed by atoms with Crippen molar-refractivity contribution in [3.05, 3.63) is 35.9 Å². The summed E-state index contributed by atoms with van der Waals surface area (Å²) in [7, 11) is 0. The molecular formula is C10H11ClO2. The van der Waals surface area contributed by atoms with E-state index in [9.17, 15) is 4.79 Å². The van der Waals surface area contributed by atoms with Crippen molar-refractivity contribution < 1.29 is 9.53 Å². The molecule has 0 saturated heterocycles. The molecule has 1 rings (SSSR count). The summed E-state index contributed by atoms with van der Waals surface area (Å²) in [6, 6.07) is 8.85. The van der Waals surface area contributed by atoms with Crippen LogP contribution in [0, 0.1) is 0 Å². The Bertz CT molecular complexity index is 270. The largest absolute Gasteiger partial charge is 0.461 e. The summed E-state index contributed by atoms with van der Waals surface area (Å²) in [5.41, 5.74) is 0.555. The van der Waals surface area contributed by atoms with Crippen molar-refractivity contribution in [2.45, 2.75) is 12.3 Å². The quantitative estimate of drug-likeness (QED) is 0.551. The van der Waals surface area contributed by atoms with Gasteiger partial charge in [0.1, 0.15) is 6.61 Å². The number of hydrogen-bond acceptors (Lipinski definition) is 2. The van der Waals surface area contributed by atoms with Crippen LogP contribution in [-0.2, 0) is 4.74 Å². The van der Waals surface area contributed by atoms with E-state index in [-0.39, 0.29) is 18.0 Å². The third kappa shape index (κ3) is 3.47. The molecule has 0 saturated carbocycles. The molecule has 0 aliphatic carbocycles. The Morgan fingerprint density at radius 3 is 2.62 bits per heavy atom. The zero-order valence-corrected chi connectivity index (χ0v) is 8.12. The van der Waals surface area contributed by atoms with Crippen LogP contribution in [0.3, 0.4) is 0 Å². The Kier molecular flexibility index (Phi) is 3.77. The second-order valence-electron chi connectivity index (χ2n) is 2.75. The lowest BCUT2D eigenvalue weighted by atomic mass is 10.2. The van der Waals surface area contributed by atoms with Crippen molar-refractivity contribution >= 4 is 17.6 Å². The maximum Gasteiger partial charge on any atom is 0.338 e. The minimum atomic E-state index is -0.326. The maximum atomic E-state index is 11.3. The van der Waals surface area contributed by atoms with Crippen molar-refractivity contribution in [3.8, 4) is 0 Å². The van der Waals surface area contributed by atoms with E-state index in [1.54, 1.807) is 31.2 Å². The molecule has 0 aromatic heterocycles. The highest BCUT2D eigenvalue weighted by Gasteiger charge is 2.06. The molecule has 0 N–H and O–H groups in total. The average Bonchev–Trinajstić information content (AvgIpc) is 2.15. The van der Waals surface area contributed by atoms with Crippen molar-refractivity contribution in [2.24, 2.45) is 0 Å². The number of halogens is 1. The Balaban J connectivity index is 2.50. The number of carbonyl (C=O) groups excluding carboxylic acids is 1. The van der Waals surface area contributed by atoms with Gasteiger partial charge >= 0.3 is 5.97 Å². The van der Waals surface area contributed by atoms with Crippen LogP contribution in [0.5, 0.6) is 0 Å². The van der Waals surface area contributed by atoms with Gasteiger partial charge in [0.15, 0.2) is 0 Å². The number of hydrogen-bond donors (Lipinski definition) is 0. The normalized spacial score (nSPS) is 12.2. The molecule has 0 bridgehead atoms. The van der Waals surface area contributed by atoms with Gasteiger partial charge in [0.05, 0.1) is 10.9 Å². The van der Waals surface area contributed by atoms with Crippen LogP contribution in [0.25, 0.3) is 0 Å². The van der Waals surface area contributed by atoms with Gasteiger partial charge in [0, 0.05) is 0 Å². The molecule has 1 aromatic carbocycles. The first-order chi connectivity index (χ1) is 6.20. The van der Waals surface area contributed by atoms with E-state index < -0.39 is 0 Å². The highest BCUT2D eigenvalue weighted by molar-refractivity contribution is 6.20. The van der Waals surface area contributed by atoms with Gasteiger partial charge in [-0.15, -0.1) is 11.6 Å². The van der Waals surface area contributed by atoms with Crippen LogP contribution in [0.2, 0.25) is 0 Å². The van der Waals surface area contributed by atoms with Crippen LogP contribution in [-0.4, -0.2) is 18.0 Å². The van der Waals surface area contributed by atoms with Crippen molar-refractivity contribution in [1.29, 1.82) is 0 Å². The number of benzene rings is 1. The number of carbonyl (C=O) groups is 1. The summed E-state index contributed by atoms with van der Waals surface area (Å²) in [5.74, 6) is -0.326. The van der Waals surface area contributed by atoms with Gasteiger partial charge in [-0.2, -0.15) is 0 Å². The lowest BCUT2D eigenvalue weighted by molar-refractivity contribution is 0.0508. The molecule has 70 valence electrons. The van der Waals surface area contributed by atoms with Crippen LogP contribution in [0.15, 0.2) is 30.3 Å². The molecule has 2 nitrogen and oxygen atoms in total. The van der Waals surface area contributed by atoms with E-state index >= 15 is 0 Å². The summed E-state index contributed by atoms with van der Waals surface area (Å²) >= 11 is 5.63. The molecule has 0 fully saturated rings. The minimum Gasteiger partial charge on any atom is -0.461 e. The van der Waals surface area contributed by atoms with Crippen LogP contribution >= 0.6 is 11.6 Å². The van der Waals surface area contributed by atoms with Crippen molar-refractivity contribution in [1.82, 2.24) is 0 Å². The third-order valence-corrected chi connectivity index (χ3v) is 1.58. The van der Waals surface area contributed by atoms with Crippen LogP contribution in [0.1, 0.15) is 17.3 Å². The van der Waals surface area contributed by atoms with Gasteiger partial charge in [-0.1, -0.05) is 18.2 Å². The van der Waals surface area contributed by atoms with E-state index in [1.165, 1.54) is 0 Å². The maximum absolute atomic E-state index is 11.3. The highest BCUT2D eigenvalue weighted by atomic mass is 35.5. The first-order valence-corrected chi connectivity index (χ1v) is 4.50. The van der Waals surface area contributed by atoms with Crippen LogP contribution < -0.4 is 0 Å². The van der Waals surface area contributed by atoms with E-state index in [0.29, 0.717) is 5.56 Å². The van der Waals surface area contributed by atoms with Crippen LogP contribution in [0.4, 0.5) is 0 Å². The van der Waals surface area contributed by atoms with Gasteiger partial charge < -0.3 is 4.74 Å². The van der Waals surface area contributed by atoms with Gasteiger partial charge in [-0.3, -0.25) is 0 Å². The predicted molar refractivity (Wildman–Crippen MR) is 52.0 cm³/mol. The molecular weight excluding hydrogens is 188 g/mol. The Morgan fingerprint density at radius 1 is 1.46 bits per heavy atom. The lowest BCUT2D eigenvalue weighted by Crippen LogP contribution is -2.11. The monoisotopic (exact) mass is 198 g/mol.